The van der Waals surface area contributed by atoms with Crippen LogP contribution >= 0.6 is 0 Å². The van der Waals surface area contributed by atoms with E-state index in [-0.39, 0.29) is 5.91 Å². The van der Waals surface area contributed by atoms with Gasteiger partial charge in [-0.15, -0.1) is 0 Å². The quantitative estimate of drug-likeness (QED) is 0.823. The molecule has 6 nitrogen and oxygen atoms in total. The van der Waals surface area contributed by atoms with Gasteiger partial charge in [0, 0.05) is 12.6 Å². The minimum absolute atomic E-state index is 0.331. The van der Waals surface area contributed by atoms with Crippen LogP contribution in [0.2, 0.25) is 0 Å². The Kier molecular flexibility index (Phi) is 2.98. The molecular weight excluding hydrogens is 230 g/mol. The van der Waals surface area contributed by atoms with Gasteiger partial charge in [-0.05, 0) is 18.2 Å². The second kappa shape index (κ2) is 4.59. The molecule has 1 amide bonds. The highest BCUT2D eigenvalue weighted by Gasteiger charge is 2.11. The maximum Gasteiger partial charge on any atom is 0.256 e. The van der Waals surface area contributed by atoms with Crippen molar-refractivity contribution < 1.29 is 4.79 Å². The molecule has 0 aliphatic heterocycles. The minimum atomic E-state index is -0.331. The minimum Gasteiger partial charge on any atom is -0.394 e. The number of hydrogen-bond donors (Lipinski definition) is 2. The fourth-order valence-corrected chi connectivity index (χ4v) is 1.52. The van der Waals surface area contributed by atoms with Crippen LogP contribution in [0.25, 0.3) is 0 Å². The SMILES string of the molecule is Cn1ncc(N)c1NC(=O)c1cccc(C#N)c1. The summed E-state index contributed by atoms with van der Waals surface area (Å²) in [6.07, 6.45) is 1.46. The standard InChI is InChI=1S/C12H11N5O/c1-17-11(10(14)7-15-17)16-12(18)9-4-2-3-8(5-9)6-13/h2-5,7H,14H2,1H3,(H,16,18). The van der Waals surface area contributed by atoms with E-state index in [0.717, 1.165) is 0 Å². The Labute approximate surface area is 104 Å². The van der Waals surface area contributed by atoms with Gasteiger partial charge in [0.25, 0.3) is 5.91 Å². The molecule has 0 fully saturated rings. The monoisotopic (exact) mass is 241 g/mol. The van der Waals surface area contributed by atoms with E-state index in [9.17, 15) is 4.79 Å². The third-order valence-electron chi connectivity index (χ3n) is 2.45. The molecule has 1 heterocycles. The molecule has 0 bridgehead atoms. The average Bonchev–Trinajstić information content (AvgIpc) is 2.70. The summed E-state index contributed by atoms with van der Waals surface area (Å²) in [5, 5.41) is 15.3. The van der Waals surface area contributed by atoms with Crippen LogP contribution in [-0.4, -0.2) is 15.7 Å². The summed E-state index contributed by atoms with van der Waals surface area (Å²) in [5.74, 6) is 0.102. The Morgan fingerprint density at radius 3 is 2.94 bits per heavy atom. The molecule has 0 aliphatic carbocycles. The fraction of sp³-hybridized carbons (Fsp3) is 0.0833. The highest BCUT2D eigenvalue weighted by atomic mass is 16.1. The van der Waals surface area contributed by atoms with Gasteiger partial charge in [0.15, 0.2) is 5.82 Å². The van der Waals surface area contributed by atoms with Crippen LogP contribution in [0.5, 0.6) is 0 Å². The van der Waals surface area contributed by atoms with Gasteiger partial charge >= 0.3 is 0 Å². The van der Waals surface area contributed by atoms with E-state index in [4.69, 9.17) is 11.0 Å². The number of anilines is 2. The Bertz CT molecular complexity index is 619. The first-order chi connectivity index (χ1) is 8.61. The van der Waals surface area contributed by atoms with E-state index in [1.165, 1.54) is 16.9 Å². The molecule has 0 atom stereocenters. The zero-order valence-electron chi connectivity index (χ0n) is 9.71. The number of carbonyl (C=O) groups excluding carboxylic acids is 1. The van der Waals surface area contributed by atoms with Crippen molar-refractivity contribution in [3.8, 4) is 6.07 Å². The van der Waals surface area contributed by atoms with Crippen LogP contribution in [-0.2, 0) is 7.05 Å². The molecule has 2 aromatic rings. The molecule has 0 aliphatic rings. The molecule has 0 spiro atoms. The number of nitrogens with two attached hydrogens (primary N) is 1. The smallest absolute Gasteiger partial charge is 0.256 e. The van der Waals surface area contributed by atoms with Crippen molar-refractivity contribution in [3.63, 3.8) is 0 Å². The average molecular weight is 241 g/mol. The van der Waals surface area contributed by atoms with Gasteiger partial charge in [0.05, 0.1) is 23.5 Å². The second-order valence-electron chi connectivity index (χ2n) is 3.72. The number of benzene rings is 1. The number of nitrogens with zero attached hydrogens (tertiary/aromatic N) is 3. The van der Waals surface area contributed by atoms with Crippen LogP contribution in [0, 0.1) is 11.3 Å². The second-order valence-corrected chi connectivity index (χ2v) is 3.72. The van der Waals surface area contributed by atoms with Gasteiger partial charge < -0.3 is 11.1 Å². The van der Waals surface area contributed by atoms with Gasteiger partial charge in [-0.25, -0.2) is 0 Å². The Morgan fingerprint density at radius 2 is 2.33 bits per heavy atom. The predicted molar refractivity (Wildman–Crippen MR) is 66.7 cm³/mol. The first-order valence-corrected chi connectivity index (χ1v) is 5.21. The summed E-state index contributed by atoms with van der Waals surface area (Å²) in [5.41, 5.74) is 6.89. The van der Waals surface area contributed by atoms with E-state index in [1.807, 2.05) is 6.07 Å². The van der Waals surface area contributed by atoms with Crippen LogP contribution in [0.1, 0.15) is 15.9 Å². The van der Waals surface area contributed by atoms with Gasteiger partial charge in [-0.1, -0.05) is 6.07 Å². The molecule has 0 saturated heterocycles. The van der Waals surface area contributed by atoms with Crippen molar-refractivity contribution in [2.24, 2.45) is 7.05 Å². The van der Waals surface area contributed by atoms with E-state index in [2.05, 4.69) is 10.4 Å². The number of aromatic nitrogens is 2. The number of aryl methyl sites for hydroxylation is 1. The Hall–Kier alpha value is -2.81. The molecule has 6 heteroatoms. The third-order valence-corrected chi connectivity index (χ3v) is 2.45. The lowest BCUT2D eigenvalue weighted by molar-refractivity contribution is 0.102. The maximum absolute atomic E-state index is 12.0. The summed E-state index contributed by atoms with van der Waals surface area (Å²) in [4.78, 5) is 12.0. The van der Waals surface area contributed by atoms with Crippen LogP contribution in [0.15, 0.2) is 30.5 Å². The third kappa shape index (κ3) is 2.15. The summed E-state index contributed by atoms with van der Waals surface area (Å²) in [6.45, 7) is 0. The molecule has 2 rings (SSSR count). The van der Waals surface area contributed by atoms with Crippen molar-refractivity contribution in [1.29, 1.82) is 5.26 Å². The Balaban J connectivity index is 2.25. The fourth-order valence-electron chi connectivity index (χ4n) is 1.52. The Morgan fingerprint density at radius 1 is 1.56 bits per heavy atom. The van der Waals surface area contributed by atoms with E-state index < -0.39 is 0 Å². The van der Waals surface area contributed by atoms with Crippen LogP contribution in [0.4, 0.5) is 11.5 Å². The highest BCUT2D eigenvalue weighted by molar-refractivity contribution is 6.05. The van der Waals surface area contributed by atoms with E-state index >= 15 is 0 Å². The molecule has 3 N–H and O–H groups in total. The lowest BCUT2D eigenvalue weighted by Gasteiger charge is -2.06. The number of rotatable bonds is 2. The van der Waals surface area contributed by atoms with Gasteiger partial charge in [-0.2, -0.15) is 10.4 Å². The molecule has 0 radical (unpaired) electrons. The summed E-state index contributed by atoms with van der Waals surface area (Å²) >= 11 is 0. The van der Waals surface area contributed by atoms with Crippen LogP contribution < -0.4 is 11.1 Å². The summed E-state index contributed by atoms with van der Waals surface area (Å²) in [6, 6.07) is 8.41. The maximum atomic E-state index is 12.0. The van der Waals surface area contributed by atoms with Crippen molar-refractivity contribution in [2.75, 3.05) is 11.1 Å². The van der Waals surface area contributed by atoms with Crippen molar-refractivity contribution in [3.05, 3.63) is 41.6 Å². The highest BCUT2D eigenvalue weighted by Crippen LogP contribution is 2.17. The first kappa shape index (κ1) is 11.7. The zero-order chi connectivity index (χ0) is 13.1. The molecule has 0 saturated carbocycles. The van der Waals surface area contributed by atoms with Gasteiger partial charge in [0.1, 0.15) is 0 Å². The summed E-state index contributed by atoms with van der Waals surface area (Å²) in [7, 11) is 1.68. The number of nitriles is 1. The van der Waals surface area contributed by atoms with Crippen molar-refractivity contribution in [2.45, 2.75) is 0 Å². The molecule has 90 valence electrons. The lowest BCUT2D eigenvalue weighted by atomic mass is 10.1. The van der Waals surface area contributed by atoms with Crippen molar-refractivity contribution in [1.82, 2.24) is 9.78 Å². The molecule has 18 heavy (non-hydrogen) atoms. The van der Waals surface area contributed by atoms with Gasteiger partial charge in [-0.3, -0.25) is 9.48 Å². The van der Waals surface area contributed by atoms with Crippen molar-refractivity contribution >= 4 is 17.4 Å². The number of nitrogen functional groups attached to an aromatic ring is 1. The molecule has 0 unspecified atom stereocenters. The number of nitrogens with one attached hydrogen (secondary N) is 1. The normalized spacial score (nSPS) is 9.78. The molecular formula is C12H11N5O. The van der Waals surface area contributed by atoms with Crippen LogP contribution in [0.3, 0.4) is 0 Å². The summed E-state index contributed by atoms with van der Waals surface area (Å²) < 4.78 is 1.47. The first-order valence-electron chi connectivity index (χ1n) is 5.21. The topological polar surface area (TPSA) is 96.7 Å². The molecule has 1 aromatic carbocycles. The number of carbonyl (C=O) groups is 1. The molecule has 1 aromatic heterocycles. The van der Waals surface area contributed by atoms with E-state index in [1.54, 1.807) is 25.2 Å². The number of amides is 1. The largest absolute Gasteiger partial charge is 0.394 e. The van der Waals surface area contributed by atoms with E-state index in [0.29, 0.717) is 22.6 Å². The van der Waals surface area contributed by atoms with Gasteiger partial charge in [0.2, 0.25) is 0 Å². The zero-order valence-corrected chi connectivity index (χ0v) is 9.71. The lowest BCUT2D eigenvalue weighted by Crippen LogP contribution is -2.15. The number of hydrogen-bond acceptors (Lipinski definition) is 4. The predicted octanol–water partition coefficient (Wildman–Crippen LogP) is 1.13.